The van der Waals surface area contributed by atoms with Gasteiger partial charge in [0.25, 0.3) is 5.56 Å². The van der Waals surface area contributed by atoms with Gasteiger partial charge in [0.05, 0.1) is 31.2 Å². The summed E-state index contributed by atoms with van der Waals surface area (Å²) >= 11 is 1.15. The molecular formula is C14H19N5O4S. The van der Waals surface area contributed by atoms with Crippen molar-refractivity contribution in [3.8, 4) is 0 Å². The van der Waals surface area contributed by atoms with Gasteiger partial charge in [-0.15, -0.1) is 0 Å². The van der Waals surface area contributed by atoms with Gasteiger partial charge < -0.3 is 20.1 Å². The number of aliphatic hydroxyl groups is 1. The van der Waals surface area contributed by atoms with Crippen LogP contribution >= 0.6 is 11.8 Å². The second-order valence-corrected chi connectivity index (χ2v) is 6.39. The molecule has 0 unspecified atom stereocenters. The lowest BCUT2D eigenvalue weighted by Crippen LogP contribution is -2.33. The van der Waals surface area contributed by atoms with Gasteiger partial charge in [-0.25, -0.2) is 9.67 Å². The molecule has 1 aliphatic rings. The van der Waals surface area contributed by atoms with Gasteiger partial charge >= 0.3 is 0 Å². The largest absolute Gasteiger partial charge is 0.394 e. The molecule has 1 amide bonds. The normalized spacial score (nSPS) is 17.5. The summed E-state index contributed by atoms with van der Waals surface area (Å²) in [4.78, 5) is 30.9. The van der Waals surface area contributed by atoms with Crippen molar-refractivity contribution in [2.75, 3.05) is 25.5 Å². The third-order valence-electron chi connectivity index (χ3n) is 3.69. The Bertz CT molecular complexity index is 768. The van der Waals surface area contributed by atoms with E-state index in [4.69, 9.17) is 9.84 Å². The number of nitrogens with one attached hydrogen (secondary N) is 2. The molecule has 0 bridgehead atoms. The maximum Gasteiger partial charge on any atom is 0.262 e. The lowest BCUT2D eigenvalue weighted by atomic mass is 10.2. The number of ether oxygens (including phenoxy) is 1. The van der Waals surface area contributed by atoms with Crippen LogP contribution in [-0.4, -0.2) is 62.4 Å². The highest BCUT2D eigenvalue weighted by Crippen LogP contribution is 2.15. The van der Waals surface area contributed by atoms with Gasteiger partial charge in [0.1, 0.15) is 5.39 Å². The SMILES string of the molecule is O=C(CSc1nc2c(cnn2CCO)c(=O)[nH]1)NC[C@H]1CCCO1. The number of amides is 1. The Morgan fingerprint density at radius 2 is 2.46 bits per heavy atom. The highest BCUT2D eigenvalue weighted by atomic mass is 32.2. The van der Waals surface area contributed by atoms with Gasteiger partial charge in [-0.05, 0) is 12.8 Å². The van der Waals surface area contributed by atoms with E-state index in [1.807, 2.05) is 0 Å². The van der Waals surface area contributed by atoms with Gasteiger partial charge in [-0.2, -0.15) is 5.10 Å². The Morgan fingerprint density at radius 3 is 3.21 bits per heavy atom. The molecule has 2 aromatic heterocycles. The molecule has 2 aromatic rings. The number of carbonyl (C=O) groups excluding carboxylic acids is 1. The maximum absolute atomic E-state index is 12.0. The molecule has 3 heterocycles. The van der Waals surface area contributed by atoms with Crippen LogP contribution in [0.4, 0.5) is 0 Å². The van der Waals surface area contributed by atoms with E-state index >= 15 is 0 Å². The molecule has 9 nitrogen and oxygen atoms in total. The predicted octanol–water partition coefficient (Wildman–Crippen LogP) is -0.501. The Balaban J connectivity index is 1.60. The monoisotopic (exact) mass is 353 g/mol. The lowest BCUT2D eigenvalue weighted by molar-refractivity contribution is -0.119. The third-order valence-corrected chi connectivity index (χ3v) is 4.56. The highest BCUT2D eigenvalue weighted by Gasteiger charge is 2.16. The van der Waals surface area contributed by atoms with Crippen molar-refractivity contribution in [1.82, 2.24) is 25.1 Å². The molecule has 3 rings (SSSR count). The molecule has 0 spiro atoms. The van der Waals surface area contributed by atoms with Crippen molar-refractivity contribution in [3.63, 3.8) is 0 Å². The molecule has 10 heteroatoms. The molecule has 0 aliphatic carbocycles. The summed E-state index contributed by atoms with van der Waals surface area (Å²) in [5.74, 6) is 0.0112. The third kappa shape index (κ3) is 3.94. The zero-order valence-electron chi connectivity index (χ0n) is 13.0. The number of aromatic amines is 1. The van der Waals surface area contributed by atoms with Crippen LogP contribution in [0.25, 0.3) is 11.0 Å². The summed E-state index contributed by atoms with van der Waals surface area (Å²) in [7, 11) is 0. The molecular weight excluding hydrogens is 334 g/mol. The summed E-state index contributed by atoms with van der Waals surface area (Å²) < 4.78 is 6.91. The Labute approximate surface area is 141 Å². The molecule has 130 valence electrons. The number of aliphatic hydroxyl groups excluding tert-OH is 1. The van der Waals surface area contributed by atoms with E-state index in [2.05, 4.69) is 20.4 Å². The number of H-pyrrole nitrogens is 1. The van der Waals surface area contributed by atoms with E-state index in [1.54, 1.807) is 0 Å². The van der Waals surface area contributed by atoms with E-state index in [9.17, 15) is 9.59 Å². The van der Waals surface area contributed by atoms with Crippen LogP contribution in [-0.2, 0) is 16.1 Å². The van der Waals surface area contributed by atoms with Crippen LogP contribution in [0.2, 0.25) is 0 Å². The summed E-state index contributed by atoms with van der Waals surface area (Å²) in [6.07, 6.45) is 3.51. The van der Waals surface area contributed by atoms with Gasteiger partial charge in [-0.3, -0.25) is 9.59 Å². The van der Waals surface area contributed by atoms with Crippen LogP contribution in [0, 0.1) is 0 Å². The van der Waals surface area contributed by atoms with Crippen molar-refractivity contribution in [2.24, 2.45) is 0 Å². The first-order chi connectivity index (χ1) is 11.7. The Hall–Kier alpha value is -1.91. The minimum absolute atomic E-state index is 0.0978. The summed E-state index contributed by atoms with van der Waals surface area (Å²) in [5.41, 5.74) is 0.0847. The number of hydrogen-bond acceptors (Lipinski definition) is 7. The van der Waals surface area contributed by atoms with E-state index in [-0.39, 0.29) is 36.5 Å². The van der Waals surface area contributed by atoms with Gasteiger partial charge in [0.15, 0.2) is 10.8 Å². The van der Waals surface area contributed by atoms with E-state index in [0.717, 1.165) is 31.2 Å². The molecule has 1 saturated heterocycles. The first-order valence-electron chi connectivity index (χ1n) is 7.75. The Morgan fingerprint density at radius 1 is 1.58 bits per heavy atom. The second kappa shape index (κ2) is 7.77. The summed E-state index contributed by atoms with van der Waals surface area (Å²) in [5, 5.41) is 16.6. The number of nitrogens with zero attached hydrogens (tertiary/aromatic N) is 3. The maximum atomic E-state index is 12.0. The van der Waals surface area contributed by atoms with Gasteiger partial charge in [-0.1, -0.05) is 11.8 Å². The zero-order valence-corrected chi connectivity index (χ0v) is 13.8. The van der Waals surface area contributed by atoms with Crippen LogP contribution in [0.5, 0.6) is 0 Å². The van der Waals surface area contributed by atoms with Crippen LogP contribution in [0.15, 0.2) is 16.1 Å². The van der Waals surface area contributed by atoms with Crippen LogP contribution < -0.4 is 10.9 Å². The fraction of sp³-hybridized carbons (Fsp3) is 0.571. The molecule has 24 heavy (non-hydrogen) atoms. The first-order valence-corrected chi connectivity index (χ1v) is 8.73. The number of aromatic nitrogens is 4. The minimum atomic E-state index is -0.313. The first kappa shape index (κ1) is 16.9. The van der Waals surface area contributed by atoms with Crippen molar-refractivity contribution in [3.05, 3.63) is 16.6 Å². The molecule has 0 aromatic carbocycles. The van der Waals surface area contributed by atoms with Crippen molar-refractivity contribution < 1.29 is 14.6 Å². The number of fused-ring (bicyclic) bond motifs is 1. The van der Waals surface area contributed by atoms with Crippen LogP contribution in [0.3, 0.4) is 0 Å². The van der Waals surface area contributed by atoms with Crippen molar-refractivity contribution in [2.45, 2.75) is 30.6 Å². The number of thioether (sulfide) groups is 1. The molecule has 3 N–H and O–H groups in total. The number of rotatable bonds is 7. The highest BCUT2D eigenvalue weighted by molar-refractivity contribution is 7.99. The van der Waals surface area contributed by atoms with Gasteiger partial charge in [0, 0.05) is 13.2 Å². The van der Waals surface area contributed by atoms with Crippen LogP contribution in [0.1, 0.15) is 12.8 Å². The summed E-state index contributed by atoms with van der Waals surface area (Å²) in [6.45, 7) is 1.42. The average molecular weight is 353 g/mol. The van der Waals surface area contributed by atoms with E-state index in [0.29, 0.717) is 22.7 Å². The fourth-order valence-corrected chi connectivity index (χ4v) is 3.18. The number of carbonyl (C=O) groups is 1. The molecule has 1 atom stereocenters. The second-order valence-electron chi connectivity index (χ2n) is 5.43. The smallest absolute Gasteiger partial charge is 0.262 e. The Kier molecular flexibility index (Phi) is 5.48. The predicted molar refractivity (Wildman–Crippen MR) is 87.9 cm³/mol. The van der Waals surface area contributed by atoms with E-state index in [1.165, 1.54) is 10.9 Å². The quantitative estimate of drug-likeness (QED) is 0.453. The fourth-order valence-electron chi connectivity index (χ4n) is 2.49. The molecule has 0 saturated carbocycles. The average Bonchev–Trinajstić information content (AvgIpc) is 3.22. The number of hydrogen-bond donors (Lipinski definition) is 3. The van der Waals surface area contributed by atoms with Crippen molar-refractivity contribution in [1.29, 1.82) is 0 Å². The minimum Gasteiger partial charge on any atom is -0.394 e. The lowest BCUT2D eigenvalue weighted by Gasteiger charge is -2.10. The molecule has 0 radical (unpaired) electrons. The standard InChI is InChI=1S/C14H19N5O4S/c20-4-3-19-12-10(7-16-19)13(22)18-14(17-12)24-8-11(21)15-6-9-2-1-5-23-9/h7,9,20H,1-6,8H2,(H,15,21)(H,17,18,22)/t9-/m1/s1. The van der Waals surface area contributed by atoms with Crippen molar-refractivity contribution >= 4 is 28.7 Å². The zero-order chi connectivity index (χ0) is 16.9. The van der Waals surface area contributed by atoms with E-state index < -0.39 is 0 Å². The molecule has 1 fully saturated rings. The topological polar surface area (TPSA) is 122 Å². The molecule has 1 aliphatic heterocycles. The summed E-state index contributed by atoms with van der Waals surface area (Å²) in [6, 6.07) is 0. The van der Waals surface area contributed by atoms with Gasteiger partial charge in [0.2, 0.25) is 5.91 Å².